The minimum Gasteiger partial charge on any atom is -0.478 e. The first kappa shape index (κ1) is 15.2. The third-order valence-corrected chi connectivity index (χ3v) is 3.62. The third kappa shape index (κ3) is 3.91. The van der Waals surface area contributed by atoms with Crippen LogP contribution in [0.1, 0.15) is 30.1 Å². The van der Waals surface area contributed by atoms with E-state index in [1.54, 1.807) is 0 Å². The van der Waals surface area contributed by atoms with Crippen LogP contribution >= 0.6 is 0 Å². The number of hydrogen-bond donors (Lipinski definition) is 2. The highest BCUT2D eigenvalue weighted by atomic mass is 16.6. The first-order valence-electron chi connectivity index (χ1n) is 7.02. The topological polar surface area (TPSA) is 95.7 Å². The number of carboxylic acid groups (broad SMARTS) is 1. The standard InChI is InChI=1S/C14H19N3O4/c1-2-16(11-4-5-11)8-7-15-12-9-10(14(18)19)3-6-13(12)17(20)21/h3,6,9,11,15H,2,4-5,7-8H2,1H3,(H,18,19). The van der Waals surface area contributed by atoms with Crippen LogP contribution in [0.15, 0.2) is 18.2 Å². The first-order chi connectivity index (χ1) is 10.0. The van der Waals surface area contributed by atoms with Crippen molar-refractivity contribution in [2.45, 2.75) is 25.8 Å². The maximum atomic E-state index is 11.0. The Morgan fingerprint density at radius 1 is 1.52 bits per heavy atom. The van der Waals surface area contributed by atoms with Gasteiger partial charge in [0.25, 0.3) is 5.69 Å². The molecule has 0 aromatic heterocycles. The Labute approximate surface area is 122 Å². The van der Waals surface area contributed by atoms with Gasteiger partial charge in [-0.1, -0.05) is 6.92 Å². The van der Waals surface area contributed by atoms with E-state index in [1.807, 2.05) is 0 Å². The third-order valence-electron chi connectivity index (χ3n) is 3.62. The van der Waals surface area contributed by atoms with Gasteiger partial charge in [0, 0.05) is 25.2 Å². The van der Waals surface area contributed by atoms with Crippen molar-refractivity contribution in [3.63, 3.8) is 0 Å². The number of aromatic carboxylic acids is 1. The molecule has 1 aliphatic carbocycles. The van der Waals surface area contributed by atoms with Crippen molar-refractivity contribution in [3.8, 4) is 0 Å². The Morgan fingerprint density at radius 3 is 2.76 bits per heavy atom. The monoisotopic (exact) mass is 293 g/mol. The highest BCUT2D eigenvalue weighted by Gasteiger charge is 2.27. The number of likely N-dealkylation sites (N-methyl/N-ethyl adjacent to an activating group) is 1. The van der Waals surface area contributed by atoms with Crippen molar-refractivity contribution in [1.82, 2.24) is 4.90 Å². The van der Waals surface area contributed by atoms with Crippen molar-refractivity contribution < 1.29 is 14.8 Å². The molecule has 2 N–H and O–H groups in total. The summed E-state index contributed by atoms with van der Waals surface area (Å²) < 4.78 is 0. The quantitative estimate of drug-likeness (QED) is 0.563. The Morgan fingerprint density at radius 2 is 2.24 bits per heavy atom. The molecule has 1 fully saturated rings. The number of nitrogens with one attached hydrogen (secondary N) is 1. The van der Waals surface area contributed by atoms with Crippen LogP contribution in [0.5, 0.6) is 0 Å². The number of nitro benzene ring substituents is 1. The van der Waals surface area contributed by atoms with Gasteiger partial charge in [0.05, 0.1) is 10.5 Å². The number of nitrogens with zero attached hydrogens (tertiary/aromatic N) is 2. The normalized spacial score (nSPS) is 14.2. The number of hydrogen-bond acceptors (Lipinski definition) is 5. The predicted octanol–water partition coefficient (Wildman–Crippen LogP) is 2.19. The molecular weight excluding hydrogens is 274 g/mol. The predicted molar refractivity (Wildman–Crippen MR) is 78.8 cm³/mol. The van der Waals surface area contributed by atoms with Gasteiger partial charge >= 0.3 is 5.97 Å². The average Bonchev–Trinajstić information content (AvgIpc) is 3.27. The first-order valence-corrected chi connectivity index (χ1v) is 7.02. The second-order valence-electron chi connectivity index (χ2n) is 5.08. The van der Waals surface area contributed by atoms with Gasteiger partial charge in [-0.15, -0.1) is 0 Å². The van der Waals surface area contributed by atoms with E-state index in [0.717, 1.165) is 13.1 Å². The molecule has 0 bridgehead atoms. The van der Waals surface area contributed by atoms with Crippen molar-refractivity contribution >= 4 is 17.3 Å². The molecule has 0 amide bonds. The zero-order chi connectivity index (χ0) is 15.4. The van der Waals surface area contributed by atoms with Crippen LogP contribution in [-0.2, 0) is 0 Å². The van der Waals surface area contributed by atoms with Crippen molar-refractivity contribution in [1.29, 1.82) is 0 Å². The summed E-state index contributed by atoms with van der Waals surface area (Å²) in [5, 5.41) is 22.9. The van der Waals surface area contributed by atoms with Gasteiger partial charge in [-0.2, -0.15) is 0 Å². The van der Waals surface area contributed by atoms with E-state index in [0.29, 0.717) is 12.6 Å². The van der Waals surface area contributed by atoms with E-state index in [-0.39, 0.29) is 16.9 Å². The van der Waals surface area contributed by atoms with Crippen LogP contribution in [0.2, 0.25) is 0 Å². The van der Waals surface area contributed by atoms with E-state index in [9.17, 15) is 14.9 Å². The fraction of sp³-hybridized carbons (Fsp3) is 0.500. The lowest BCUT2D eigenvalue weighted by atomic mass is 10.1. The molecule has 0 atom stereocenters. The van der Waals surface area contributed by atoms with E-state index in [2.05, 4.69) is 17.1 Å². The summed E-state index contributed by atoms with van der Waals surface area (Å²) in [4.78, 5) is 23.7. The van der Waals surface area contributed by atoms with Gasteiger partial charge in [0.2, 0.25) is 0 Å². The van der Waals surface area contributed by atoms with E-state index in [1.165, 1.54) is 31.0 Å². The maximum absolute atomic E-state index is 11.0. The lowest BCUT2D eigenvalue weighted by Crippen LogP contribution is -2.31. The summed E-state index contributed by atoms with van der Waals surface area (Å²) in [6.45, 7) is 4.37. The molecule has 0 radical (unpaired) electrons. The molecule has 0 saturated heterocycles. The molecule has 2 rings (SSSR count). The number of carbonyl (C=O) groups is 1. The molecule has 0 heterocycles. The lowest BCUT2D eigenvalue weighted by Gasteiger charge is -2.20. The molecule has 0 spiro atoms. The van der Waals surface area contributed by atoms with Crippen LogP contribution < -0.4 is 5.32 Å². The highest BCUT2D eigenvalue weighted by Crippen LogP contribution is 2.27. The maximum Gasteiger partial charge on any atom is 0.335 e. The van der Waals surface area contributed by atoms with Crippen LogP contribution in [0.25, 0.3) is 0 Å². The zero-order valence-corrected chi connectivity index (χ0v) is 11.9. The summed E-state index contributed by atoms with van der Waals surface area (Å²) in [7, 11) is 0. The molecule has 21 heavy (non-hydrogen) atoms. The number of anilines is 1. The Kier molecular flexibility index (Phi) is 4.74. The average molecular weight is 293 g/mol. The molecule has 7 heteroatoms. The van der Waals surface area contributed by atoms with Gasteiger partial charge in [0.15, 0.2) is 0 Å². The summed E-state index contributed by atoms with van der Waals surface area (Å²) in [6.07, 6.45) is 2.42. The van der Waals surface area contributed by atoms with Crippen molar-refractivity contribution in [2.75, 3.05) is 25.0 Å². The zero-order valence-electron chi connectivity index (χ0n) is 11.9. The van der Waals surface area contributed by atoms with E-state index < -0.39 is 10.9 Å². The highest BCUT2D eigenvalue weighted by molar-refractivity contribution is 5.90. The fourth-order valence-corrected chi connectivity index (χ4v) is 2.34. The van der Waals surface area contributed by atoms with Crippen LogP contribution in [-0.4, -0.2) is 46.6 Å². The number of rotatable bonds is 8. The van der Waals surface area contributed by atoms with Crippen LogP contribution in [0.3, 0.4) is 0 Å². The second-order valence-corrected chi connectivity index (χ2v) is 5.08. The Hall–Kier alpha value is -2.15. The summed E-state index contributed by atoms with van der Waals surface area (Å²) >= 11 is 0. The molecule has 0 aliphatic heterocycles. The van der Waals surface area contributed by atoms with Gasteiger partial charge in [-0.05, 0) is 31.5 Å². The van der Waals surface area contributed by atoms with Crippen molar-refractivity contribution in [3.05, 3.63) is 33.9 Å². The minimum atomic E-state index is -1.10. The van der Waals surface area contributed by atoms with Gasteiger partial charge in [-0.3, -0.25) is 15.0 Å². The van der Waals surface area contributed by atoms with Crippen LogP contribution in [0, 0.1) is 10.1 Å². The second kappa shape index (κ2) is 6.53. The number of nitro groups is 1. The molecule has 1 saturated carbocycles. The van der Waals surface area contributed by atoms with E-state index in [4.69, 9.17) is 5.11 Å². The summed E-state index contributed by atoms with van der Waals surface area (Å²) in [5.74, 6) is -1.10. The molecule has 1 aromatic carbocycles. The SMILES string of the molecule is CCN(CCNc1cc(C(=O)O)ccc1[N+](=O)[O-])C1CC1. The van der Waals surface area contributed by atoms with Gasteiger partial charge < -0.3 is 10.4 Å². The van der Waals surface area contributed by atoms with Gasteiger partial charge in [0.1, 0.15) is 5.69 Å². The summed E-state index contributed by atoms with van der Waals surface area (Å²) in [5.41, 5.74) is 0.193. The fourth-order valence-electron chi connectivity index (χ4n) is 2.34. The van der Waals surface area contributed by atoms with Crippen LogP contribution in [0.4, 0.5) is 11.4 Å². The lowest BCUT2D eigenvalue weighted by molar-refractivity contribution is -0.384. The van der Waals surface area contributed by atoms with Crippen molar-refractivity contribution in [2.24, 2.45) is 0 Å². The molecular formula is C14H19N3O4. The molecule has 7 nitrogen and oxygen atoms in total. The Balaban J connectivity index is 2.04. The molecule has 114 valence electrons. The Bertz CT molecular complexity index is 543. The molecule has 1 aromatic rings. The molecule has 1 aliphatic rings. The van der Waals surface area contributed by atoms with E-state index >= 15 is 0 Å². The number of carboxylic acids is 1. The number of benzene rings is 1. The minimum absolute atomic E-state index is 0.0395. The molecule has 0 unspecified atom stereocenters. The van der Waals surface area contributed by atoms with Gasteiger partial charge in [-0.25, -0.2) is 4.79 Å². The largest absolute Gasteiger partial charge is 0.478 e. The summed E-state index contributed by atoms with van der Waals surface area (Å²) in [6, 6.07) is 4.42. The smallest absolute Gasteiger partial charge is 0.335 e.